The third-order valence-corrected chi connectivity index (χ3v) is 3.70. The molecule has 2 rings (SSSR count). The van der Waals surface area contributed by atoms with Crippen LogP contribution in [0, 0.1) is 0 Å². The average molecular weight is 303 g/mol. The lowest BCUT2D eigenvalue weighted by atomic mass is 10.3. The molecule has 2 aromatic rings. The van der Waals surface area contributed by atoms with Crippen LogP contribution in [0.3, 0.4) is 0 Å². The van der Waals surface area contributed by atoms with Gasteiger partial charge in [0.15, 0.2) is 0 Å². The van der Waals surface area contributed by atoms with E-state index in [1.165, 1.54) is 30.3 Å². The molecular formula is C11H8F3N3O2S. The molecule has 0 N–H and O–H groups in total. The van der Waals surface area contributed by atoms with Gasteiger partial charge in [0.25, 0.3) is 0 Å². The number of aromatic nitrogens is 2. The number of alkyl halides is 3. The number of hydrogen-bond acceptors (Lipinski definition) is 4. The Hall–Kier alpha value is -2.16. The van der Waals surface area contributed by atoms with Crippen LogP contribution in [0.5, 0.6) is 0 Å². The van der Waals surface area contributed by atoms with Crippen LogP contribution >= 0.6 is 0 Å². The second-order valence-electron chi connectivity index (χ2n) is 3.60. The number of halogens is 3. The summed E-state index contributed by atoms with van der Waals surface area (Å²) < 4.78 is 61.7. The number of para-hydroxylation sites is 1. The lowest BCUT2D eigenvalue weighted by Gasteiger charge is -2.23. The molecule has 0 aliphatic carbocycles. The molecule has 5 nitrogen and oxygen atoms in total. The first-order valence-corrected chi connectivity index (χ1v) is 6.72. The fourth-order valence-corrected chi connectivity index (χ4v) is 2.34. The zero-order valence-corrected chi connectivity index (χ0v) is 10.6. The minimum absolute atomic E-state index is 0.0625. The zero-order chi connectivity index (χ0) is 14.8. The summed E-state index contributed by atoms with van der Waals surface area (Å²) in [5, 5.41) is 0. The number of sulfonamides is 1. The van der Waals surface area contributed by atoms with E-state index in [2.05, 4.69) is 9.97 Å². The summed E-state index contributed by atoms with van der Waals surface area (Å²) in [6, 6.07) is 8.19. The molecule has 0 atom stereocenters. The molecule has 20 heavy (non-hydrogen) atoms. The van der Waals surface area contributed by atoms with Gasteiger partial charge in [-0.25, -0.2) is 9.97 Å². The van der Waals surface area contributed by atoms with Gasteiger partial charge >= 0.3 is 15.5 Å². The highest BCUT2D eigenvalue weighted by molar-refractivity contribution is 7.94. The van der Waals surface area contributed by atoms with E-state index >= 15 is 0 Å². The predicted octanol–water partition coefficient (Wildman–Crippen LogP) is 2.46. The maximum absolute atomic E-state index is 12.8. The fourth-order valence-electron chi connectivity index (χ4n) is 1.42. The highest BCUT2D eigenvalue weighted by atomic mass is 32.2. The lowest BCUT2D eigenvalue weighted by molar-refractivity contribution is -0.0436. The molecule has 0 aliphatic rings. The summed E-state index contributed by atoms with van der Waals surface area (Å²) in [5.41, 5.74) is -5.65. The summed E-state index contributed by atoms with van der Waals surface area (Å²) >= 11 is 0. The monoisotopic (exact) mass is 303 g/mol. The minimum Gasteiger partial charge on any atom is -0.220 e. The molecular weight excluding hydrogens is 295 g/mol. The van der Waals surface area contributed by atoms with E-state index in [1.807, 2.05) is 0 Å². The molecule has 0 fully saturated rings. The van der Waals surface area contributed by atoms with E-state index in [4.69, 9.17) is 0 Å². The minimum atomic E-state index is -5.64. The molecule has 1 aromatic heterocycles. The number of benzene rings is 1. The average Bonchev–Trinajstić information content (AvgIpc) is 2.40. The van der Waals surface area contributed by atoms with Gasteiger partial charge in [-0.05, 0) is 18.2 Å². The summed E-state index contributed by atoms with van der Waals surface area (Å²) in [6.45, 7) is 0. The maximum Gasteiger partial charge on any atom is 0.517 e. The van der Waals surface area contributed by atoms with Gasteiger partial charge in [-0.15, -0.1) is 0 Å². The first-order valence-electron chi connectivity index (χ1n) is 5.28. The van der Waals surface area contributed by atoms with E-state index in [1.54, 1.807) is 6.07 Å². The Kier molecular flexibility index (Phi) is 3.62. The number of anilines is 2. The lowest BCUT2D eigenvalue weighted by Crippen LogP contribution is -2.38. The molecule has 0 radical (unpaired) electrons. The highest BCUT2D eigenvalue weighted by Crippen LogP contribution is 2.34. The Morgan fingerprint density at radius 3 is 2.00 bits per heavy atom. The van der Waals surface area contributed by atoms with Crippen molar-refractivity contribution in [1.82, 2.24) is 9.97 Å². The van der Waals surface area contributed by atoms with Gasteiger partial charge in [-0.3, -0.25) is 0 Å². The molecule has 0 amide bonds. The van der Waals surface area contributed by atoms with Crippen molar-refractivity contribution in [2.24, 2.45) is 0 Å². The zero-order valence-electron chi connectivity index (χ0n) is 9.82. The topological polar surface area (TPSA) is 63.2 Å². The summed E-state index contributed by atoms with van der Waals surface area (Å²) in [6.07, 6.45) is 2.31. The van der Waals surface area contributed by atoms with Crippen LogP contribution in [0.25, 0.3) is 0 Å². The normalized spacial score (nSPS) is 12.2. The molecule has 0 saturated carbocycles. The maximum atomic E-state index is 12.8. The quantitative estimate of drug-likeness (QED) is 0.874. The predicted molar refractivity (Wildman–Crippen MR) is 65.6 cm³/mol. The van der Waals surface area contributed by atoms with Crippen LogP contribution in [-0.2, 0) is 10.0 Å². The van der Waals surface area contributed by atoms with Crippen molar-refractivity contribution in [3.63, 3.8) is 0 Å². The first-order chi connectivity index (χ1) is 9.34. The van der Waals surface area contributed by atoms with Gasteiger partial charge in [0.1, 0.15) is 0 Å². The van der Waals surface area contributed by atoms with Crippen LogP contribution < -0.4 is 4.31 Å². The van der Waals surface area contributed by atoms with E-state index in [9.17, 15) is 21.6 Å². The summed E-state index contributed by atoms with van der Waals surface area (Å²) in [5.74, 6) is -0.573. The van der Waals surface area contributed by atoms with Crippen LogP contribution in [0.4, 0.5) is 24.8 Å². The van der Waals surface area contributed by atoms with E-state index < -0.39 is 21.5 Å². The summed E-state index contributed by atoms with van der Waals surface area (Å²) in [4.78, 5) is 7.14. The molecule has 0 saturated heterocycles. The molecule has 0 unspecified atom stereocenters. The van der Waals surface area contributed by atoms with Crippen LogP contribution in [0.15, 0.2) is 48.8 Å². The first kappa shape index (κ1) is 14.3. The third-order valence-electron chi connectivity index (χ3n) is 2.26. The molecule has 106 valence electrons. The third kappa shape index (κ3) is 2.57. The number of nitrogens with zero attached hydrogens (tertiary/aromatic N) is 3. The van der Waals surface area contributed by atoms with Crippen molar-refractivity contribution in [1.29, 1.82) is 0 Å². The Bertz CT molecular complexity index is 636. The van der Waals surface area contributed by atoms with Gasteiger partial charge in [-0.1, -0.05) is 18.2 Å². The van der Waals surface area contributed by atoms with E-state index in [0.29, 0.717) is 0 Å². The van der Waals surface area contributed by atoms with Crippen molar-refractivity contribution >= 4 is 21.7 Å². The van der Waals surface area contributed by atoms with Crippen LogP contribution in [0.2, 0.25) is 0 Å². The Balaban J connectivity index is 2.64. The number of rotatable bonds is 3. The van der Waals surface area contributed by atoms with Gasteiger partial charge < -0.3 is 0 Å². The molecule has 0 bridgehead atoms. The largest absolute Gasteiger partial charge is 0.517 e. The van der Waals surface area contributed by atoms with Gasteiger partial charge in [0, 0.05) is 12.4 Å². The van der Waals surface area contributed by atoms with Crippen LogP contribution in [0.1, 0.15) is 0 Å². The summed E-state index contributed by atoms with van der Waals surface area (Å²) in [7, 11) is -5.64. The Labute approximate surface area is 112 Å². The molecule has 1 heterocycles. The van der Waals surface area contributed by atoms with Crippen molar-refractivity contribution < 1.29 is 21.6 Å². The van der Waals surface area contributed by atoms with Gasteiger partial charge in [0.2, 0.25) is 5.95 Å². The van der Waals surface area contributed by atoms with E-state index in [-0.39, 0.29) is 9.99 Å². The molecule has 0 spiro atoms. The second-order valence-corrected chi connectivity index (χ2v) is 5.38. The van der Waals surface area contributed by atoms with Crippen molar-refractivity contribution in [3.05, 3.63) is 48.8 Å². The van der Waals surface area contributed by atoms with Gasteiger partial charge in [0.05, 0.1) is 5.69 Å². The smallest absolute Gasteiger partial charge is 0.220 e. The molecule has 9 heteroatoms. The molecule has 1 aromatic carbocycles. The fraction of sp³-hybridized carbons (Fsp3) is 0.0909. The Morgan fingerprint density at radius 2 is 1.50 bits per heavy atom. The van der Waals surface area contributed by atoms with Crippen molar-refractivity contribution in [2.75, 3.05) is 4.31 Å². The standard InChI is InChI=1S/C11H8F3N3O2S/c12-11(13,14)20(18,19)17(9-5-2-1-3-6-9)10-15-7-4-8-16-10/h1-8H. The molecule has 0 aliphatic heterocycles. The van der Waals surface area contributed by atoms with Crippen molar-refractivity contribution in [2.45, 2.75) is 5.51 Å². The Morgan fingerprint density at radius 1 is 0.950 bits per heavy atom. The van der Waals surface area contributed by atoms with E-state index in [0.717, 1.165) is 12.4 Å². The van der Waals surface area contributed by atoms with Gasteiger partial charge in [-0.2, -0.15) is 25.9 Å². The second kappa shape index (κ2) is 5.08. The highest BCUT2D eigenvalue weighted by Gasteiger charge is 2.51. The SMILES string of the molecule is O=S(=O)(N(c1ccccc1)c1ncccn1)C(F)(F)F. The number of hydrogen-bond donors (Lipinski definition) is 0. The van der Waals surface area contributed by atoms with Crippen molar-refractivity contribution in [3.8, 4) is 0 Å². The van der Waals surface area contributed by atoms with Crippen LogP contribution in [-0.4, -0.2) is 23.9 Å².